The number of hydrogen-bond acceptors (Lipinski definition) is 5. The van der Waals surface area contributed by atoms with E-state index in [2.05, 4.69) is 33.5 Å². The van der Waals surface area contributed by atoms with Crippen molar-refractivity contribution in [2.24, 2.45) is 0 Å². The average molecular weight is 240 g/mol. The molecule has 0 bridgehead atoms. The van der Waals surface area contributed by atoms with Crippen LogP contribution in [-0.4, -0.2) is 47.0 Å². The van der Waals surface area contributed by atoms with Gasteiger partial charge in [0.1, 0.15) is 5.82 Å². The standard InChI is InChI=1S/C11H20N4S/c1-4-12-11-8-13-10(7-14-11)9-15(2)5-6-16-3/h7-8H,4-6,9H2,1-3H3,(H,12,14). The normalized spacial score (nSPS) is 10.8. The van der Waals surface area contributed by atoms with E-state index in [0.29, 0.717) is 0 Å². The van der Waals surface area contributed by atoms with E-state index in [1.165, 1.54) is 0 Å². The fourth-order valence-corrected chi connectivity index (χ4v) is 1.81. The first-order chi connectivity index (χ1) is 7.76. The fraction of sp³-hybridized carbons (Fsp3) is 0.636. The highest BCUT2D eigenvalue weighted by atomic mass is 32.2. The number of nitrogens with zero attached hydrogens (tertiary/aromatic N) is 3. The largest absolute Gasteiger partial charge is 0.369 e. The average Bonchev–Trinajstić information content (AvgIpc) is 2.29. The van der Waals surface area contributed by atoms with Gasteiger partial charge in [-0.2, -0.15) is 11.8 Å². The van der Waals surface area contributed by atoms with E-state index >= 15 is 0 Å². The van der Waals surface area contributed by atoms with Crippen LogP contribution >= 0.6 is 11.8 Å². The Hall–Kier alpha value is -0.810. The number of aromatic nitrogens is 2. The van der Waals surface area contributed by atoms with Crippen molar-refractivity contribution in [3.8, 4) is 0 Å². The van der Waals surface area contributed by atoms with Crippen molar-refractivity contribution >= 4 is 17.6 Å². The van der Waals surface area contributed by atoms with Crippen LogP contribution in [0, 0.1) is 0 Å². The number of thioether (sulfide) groups is 1. The first-order valence-electron chi connectivity index (χ1n) is 5.48. The van der Waals surface area contributed by atoms with E-state index in [-0.39, 0.29) is 0 Å². The molecule has 5 heteroatoms. The summed E-state index contributed by atoms with van der Waals surface area (Å²) in [5.41, 5.74) is 1.02. The zero-order valence-corrected chi connectivity index (χ0v) is 11.0. The topological polar surface area (TPSA) is 41.1 Å². The van der Waals surface area contributed by atoms with Gasteiger partial charge in [-0.15, -0.1) is 0 Å². The van der Waals surface area contributed by atoms with Crippen LogP contribution in [0.5, 0.6) is 0 Å². The Morgan fingerprint density at radius 2 is 2.19 bits per heavy atom. The predicted molar refractivity (Wildman–Crippen MR) is 70.9 cm³/mol. The van der Waals surface area contributed by atoms with Gasteiger partial charge in [-0.1, -0.05) is 0 Å². The van der Waals surface area contributed by atoms with Gasteiger partial charge in [-0.3, -0.25) is 9.88 Å². The Balaban J connectivity index is 2.41. The van der Waals surface area contributed by atoms with Gasteiger partial charge in [-0.05, 0) is 20.2 Å². The molecule has 1 N–H and O–H groups in total. The molecule has 1 aromatic heterocycles. The van der Waals surface area contributed by atoms with Crippen LogP contribution in [0.3, 0.4) is 0 Å². The van der Waals surface area contributed by atoms with E-state index < -0.39 is 0 Å². The Labute approximate surface area is 102 Å². The van der Waals surface area contributed by atoms with Crippen LogP contribution in [0.15, 0.2) is 12.4 Å². The molecule has 1 heterocycles. The van der Waals surface area contributed by atoms with Crippen LogP contribution in [0.25, 0.3) is 0 Å². The van der Waals surface area contributed by atoms with Crippen LogP contribution in [0.1, 0.15) is 12.6 Å². The van der Waals surface area contributed by atoms with E-state index in [0.717, 1.165) is 36.9 Å². The lowest BCUT2D eigenvalue weighted by Crippen LogP contribution is -2.21. The molecule has 0 unspecified atom stereocenters. The summed E-state index contributed by atoms with van der Waals surface area (Å²) in [6, 6.07) is 0. The van der Waals surface area contributed by atoms with Crippen molar-refractivity contribution in [2.75, 3.05) is 37.5 Å². The lowest BCUT2D eigenvalue weighted by atomic mass is 10.4. The lowest BCUT2D eigenvalue weighted by molar-refractivity contribution is 0.344. The lowest BCUT2D eigenvalue weighted by Gasteiger charge is -2.15. The van der Waals surface area contributed by atoms with Crippen LogP contribution < -0.4 is 5.32 Å². The summed E-state index contributed by atoms with van der Waals surface area (Å²) in [6.07, 6.45) is 5.76. The van der Waals surface area contributed by atoms with E-state index in [9.17, 15) is 0 Å². The van der Waals surface area contributed by atoms with E-state index in [1.54, 1.807) is 6.20 Å². The zero-order valence-electron chi connectivity index (χ0n) is 10.2. The molecule has 0 radical (unpaired) electrons. The summed E-state index contributed by atoms with van der Waals surface area (Å²) in [6.45, 7) is 4.87. The van der Waals surface area contributed by atoms with E-state index in [4.69, 9.17) is 0 Å². The number of anilines is 1. The summed E-state index contributed by atoms with van der Waals surface area (Å²) in [7, 11) is 2.11. The highest BCUT2D eigenvalue weighted by Crippen LogP contribution is 2.03. The van der Waals surface area contributed by atoms with Gasteiger partial charge in [0, 0.05) is 25.4 Å². The molecule has 0 aliphatic heterocycles. The number of rotatable bonds is 7. The molecule has 0 amide bonds. The molecule has 0 saturated carbocycles. The Kier molecular flexibility index (Phi) is 6.18. The molecule has 0 aromatic carbocycles. The molecule has 0 spiro atoms. The maximum Gasteiger partial charge on any atom is 0.144 e. The minimum absolute atomic E-state index is 0.845. The Morgan fingerprint density at radius 1 is 1.38 bits per heavy atom. The SMILES string of the molecule is CCNc1cnc(CN(C)CCSC)cn1. The fourth-order valence-electron chi connectivity index (χ4n) is 1.31. The van der Waals surface area contributed by atoms with Gasteiger partial charge in [-0.25, -0.2) is 4.98 Å². The second kappa shape index (κ2) is 7.46. The number of nitrogens with one attached hydrogen (secondary N) is 1. The van der Waals surface area contributed by atoms with Gasteiger partial charge >= 0.3 is 0 Å². The molecular weight excluding hydrogens is 220 g/mol. The van der Waals surface area contributed by atoms with E-state index in [1.807, 2.05) is 24.9 Å². The highest BCUT2D eigenvalue weighted by Gasteiger charge is 2.01. The first kappa shape index (κ1) is 13.3. The first-order valence-corrected chi connectivity index (χ1v) is 6.88. The molecule has 1 rings (SSSR count). The molecule has 0 aliphatic carbocycles. The van der Waals surface area contributed by atoms with Gasteiger partial charge in [0.15, 0.2) is 0 Å². The second-order valence-corrected chi connectivity index (χ2v) is 4.64. The smallest absolute Gasteiger partial charge is 0.144 e. The third kappa shape index (κ3) is 4.81. The molecule has 0 atom stereocenters. The van der Waals surface area contributed by atoms with Crippen molar-refractivity contribution in [3.05, 3.63) is 18.1 Å². The van der Waals surface area contributed by atoms with Crippen molar-refractivity contribution in [1.29, 1.82) is 0 Å². The van der Waals surface area contributed by atoms with Gasteiger partial charge in [0.25, 0.3) is 0 Å². The molecule has 90 valence electrons. The van der Waals surface area contributed by atoms with Crippen LogP contribution in [0.4, 0.5) is 5.82 Å². The molecular formula is C11H20N4S. The monoisotopic (exact) mass is 240 g/mol. The van der Waals surface area contributed by atoms with Gasteiger partial charge < -0.3 is 5.32 Å². The Morgan fingerprint density at radius 3 is 2.75 bits per heavy atom. The third-order valence-corrected chi connectivity index (χ3v) is 2.76. The summed E-state index contributed by atoms with van der Waals surface area (Å²) < 4.78 is 0. The zero-order chi connectivity index (χ0) is 11.8. The van der Waals surface area contributed by atoms with Crippen molar-refractivity contribution in [3.63, 3.8) is 0 Å². The molecule has 0 fully saturated rings. The van der Waals surface area contributed by atoms with Gasteiger partial charge in [0.05, 0.1) is 18.1 Å². The number of hydrogen-bond donors (Lipinski definition) is 1. The summed E-state index contributed by atoms with van der Waals surface area (Å²) in [5, 5.41) is 3.13. The predicted octanol–water partition coefficient (Wildman–Crippen LogP) is 1.70. The van der Waals surface area contributed by atoms with Crippen molar-refractivity contribution < 1.29 is 0 Å². The molecule has 1 aromatic rings. The minimum atomic E-state index is 0.845. The third-order valence-electron chi connectivity index (χ3n) is 2.17. The molecule has 4 nitrogen and oxygen atoms in total. The minimum Gasteiger partial charge on any atom is -0.369 e. The van der Waals surface area contributed by atoms with Crippen molar-refractivity contribution in [1.82, 2.24) is 14.9 Å². The van der Waals surface area contributed by atoms with Crippen molar-refractivity contribution in [2.45, 2.75) is 13.5 Å². The molecule has 0 aliphatic rings. The maximum atomic E-state index is 4.37. The summed E-state index contributed by atoms with van der Waals surface area (Å²) in [5.74, 6) is 2.00. The quantitative estimate of drug-likeness (QED) is 0.785. The van der Waals surface area contributed by atoms with Crippen LogP contribution in [-0.2, 0) is 6.54 Å². The maximum absolute atomic E-state index is 4.37. The molecule has 16 heavy (non-hydrogen) atoms. The van der Waals surface area contributed by atoms with Crippen LogP contribution in [0.2, 0.25) is 0 Å². The Bertz CT molecular complexity index is 289. The second-order valence-electron chi connectivity index (χ2n) is 3.65. The molecule has 0 saturated heterocycles. The summed E-state index contributed by atoms with van der Waals surface area (Å²) in [4.78, 5) is 10.9. The highest BCUT2D eigenvalue weighted by molar-refractivity contribution is 7.98. The van der Waals surface area contributed by atoms with Gasteiger partial charge in [0.2, 0.25) is 0 Å². The summed E-state index contributed by atoms with van der Waals surface area (Å²) >= 11 is 1.86.